The molecule has 1 aromatic carbocycles. The summed E-state index contributed by atoms with van der Waals surface area (Å²) in [5.41, 5.74) is 5.14. The quantitative estimate of drug-likeness (QED) is 0.826. The first kappa shape index (κ1) is 13.0. The molecule has 0 aromatic heterocycles. The predicted octanol–water partition coefficient (Wildman–Crippen LogP) is 0.526. The molecule has 88 valence electrons. The van der Waals surface area contributed by atoms with Crippen molar-refractivity contribution in [2.45, 2.75) is 10.1 Å². The van der Waals surface area contributed by atoms with Gasteiger partial charge >= 0.3 is 5.97 Å². The summed E-state index contributed by atoms with van der Waals surface area (Å²) >= 11 is 5.70. The van der Waals surface area contributed by atoms with Gasteiger partial charge in [0.05, 0.1) is 9.92 Å². The van der Waals surface area contributed by atoms with Gasteiger partial charge in [-0.25, -0.2) is 8.42 Å². The van der Waals surface area contributed by atoms with Crippen molar-refractivity contribution in [1.82, 2.24) is 0 Å². The molecule has 0 aliphatic heterocycles. The maximum Gasteiger partial charge on any atom is 0.323 e. The van der Waals surface area contributed by atoms with E-state index in [1.165, 1.54) is 18.2 Å². The van der Waals surface area contributed by atoms with Crippen molar-refractivity contribution in [1.29, 1.82) is 0 Å². The van der Waals surface area contributed by atoms with Crippen LogP contribution in [0.15, 0.2) is 29.2 Å². The Bertz CT molecular complexity index is 500. The summed E-state index contributed by atoms with van der Waals surface area (Å²) in [5, 5.41) is 7.07. The van der Waals surface area contributed by atoms with Crippen molar-refractivity contribution in [2.75, 3.05) is 6.54 Å². The molecule has 0 aliphatic rings. The lowest BCUT2D eigenvalue weighted by Gasteiger charge is -2.12. The SMILES string of the molecule is NCC(C(=O)O)S(=O)(=O)c1ccccc1Cl. The van der Waals surface area contributed by atoms with Crippen LogP contribution in [0.4, 0.5) is 0 Å². The third kappa shape index (κ3) is 2.34. The molecule has 0 spiro atoms. The molecule has 1 atom stereocenters. The number of aliphatic carboxylic acids is 1. The molecule has 3 N–H and O–H groups in total. The second kappa shape index (κ2) is 4.82. The van der Waals surface area contributed by atoms with Gasteiger partial charge in [0, 0.05) is 6.54 Å². The average Bonchev–Trinajstić information content (AvgIpc) is 2.17. The van der Waals surface area contributed by atoms with Crippen LogP contribution in [0.25, 0.3) is 0 Å². The number of benzene rings is 1. The Morgan fingerprint density at radius 2 is 2.00 bits per heavy atom. The molecular formula is C9H10ClNO4S. The van der Waals surface area contributed by atoms with Gasteiger partial charge in [-0.1, -0.05) is 23.7 Å². The molecule has 1 rings (SSSR count). The van der Waals surface area contributed by atoms with Gasteiger partial charge in [-0.05, 0) is 12.1 Å². The molecule has 0 fully saturated rings. The molecule has 0 saturated carbocycles. The number of sulfone groups is 1. The first-order valence-electron chi connectivity index (χ1n) is 4.32. The lowest BCUT2D eigenvalue weighted by molar-refractivity contribution is -0.136. The van der Waals surface area contributed by atoms with E-state index >= 15 is 0 Å². The third-order valence-electron chi connectivity index (χ3n) is 2.01. The molecule has 1 unspecified atom stereocenters. The summed E-state index contributed by atoms with van der Waals surface area (Å²) < 4.78 is 23.8. The van der Waals surface area contributed by atoms with E-state index in [2.05, 4.69) is 0 Å². The normalized spacial score (nSPS) is 13.4. The minimum absolute atomic E-state index is 0.0119. The molecule has 1 aromatic rings. The van der Waals surface area contributed by atoms with Crippen LogP contribution in [-0.2, 0) is 14.6 Å². The first-order chi connectivity index (χ1) is 7.41. The zero-order valence-corrected chi connectivity index (χ0v) is 9.70. The number of carbonyl (C=O) groups is 1. The topological polar surface area (TPSA) is 97.5 Å². The van der Waals surface area contributed by atoms with Gasteiger partial charge < -0.3 is 10.8 Å². The summed E-state index contributed by atoms with van der Waals surface area (Å²) in [6, 6.07) is 5.65. The highest BCUT2D eigenvalue weighted by Gasteiger charge is 2.33. The number of halogens is 1. The Morgan fingerprint density at radius 3 is 2.44 bits per heavy atom. The second-order valence-corrected chi connectivity index (χ2v) is 5.54. The summed E-state index contributed by atoms with van der Waals surface area (Å²) in [7, 11) is -4.04. The fraction of sp³-hybridized carbons (Fsp3) is 0.222. The summed E-state index contributed by atoms with van der Waals surface area (Å²) in [6.45, 7) is -0.497. The van der Waals surface area contributed by atoms with Gasteiger partial charge in [-0.2, -0.15) is 0 Å². The molecular weight excluding hydrogens is 254 g/mol. The maximum atomic E-state index is 11.9. The minimum atomic E-state index is -4.04. The van der Waals surface area contributed by atoms with Gasteiger partial charge in [0.25, 0.3) is 0 Å². The standard InChI is InChI=1S/C9H10ClNO4S/c10-6-3-1-2-4-7(6)16(14,15)8(5-11)9(12)13/h1-4,8H,5,11H2,(H,12,13). The van der Waals surface area contributed by atoms with E-state index in [0.29, 0.717) is 0 Å². The fourth-order valence-electron chi connectivity index (χ4n) is 1.19. The van der Waals surface area contributed by atoms with E-state index in [0.717, 1.165) is 0 Å². The highest BCUT2D eigenvalue weighted by molar-refractivity contribution is 7.93. The van der Waals surface area contributed by atoms with E-state index < -0.39 is 27.6 Å². The van der Waals surface area contributed by atoms with Crippen LogP contribution in [0.1, 0.15) is 0 Å². The average molecular weight is 264 g/mol. The monoisotopic (exact) mass is 263 g/mol. The highest BCUT2D eigenvalue weighted by Crippen LogP contribution is 2.24. The van der Waals surface area contributed by atoms with Crippen LogP contribution >= 0.6 is 11.6 Å². The summed E-state index contributed by atoms with van der Waals surface area (Å²) in [6.07, 6.45) is 0. The lowest BCUT2D eigenvalue weighted by Crippen LogP contribution is -2.37. The fourth-order valence-corrected chi connectivity index (χ4v) is 3.08. The van der Waals surface area contributed by atoms with E-state index in [1.807, 2.05) is 0 Å². The van der Waals surface area contributed by atoms with Crippen LogP contribution in [0, 0.1) is 0 Å². The molecule has 0 bridgehead atoms. The van der Waals surface area contributed by atoms with Crippen molar-refractivity contribution in [3.63, 3.8) is 0 Å². The van der Waals surface area contributed by atoms with Crippen molar-refractivity contribution in [3.05, 3.63) is 29.3 Å². The predicted molar refractivity (Wildman–Crippen MR) is 59.1 cm³/mol. The van der Waals surface area contributed by atoms with E-state index in [1.54, 1.807) is 6.07 Å². The number of carboxylic acids is 1. The Morgan fingerprint density at radius 1 is 1.44 bits per heavy atom. The molecule has 0 heterocycles. The molecule has 0 saturated heterocycles. The van der Waals surface area contributed by atoms with Crippen molar-refractivity contribution >= 4 is 27.4 Å². The Labute approximate surface area is 97.8 Å². The van der Waals surface area contributed by atoms with Crippen molar-refractivity contribution in [3.8, 4) is 0 Å². The maximum absolute atomic E-state index is 11.9. The third-order valence-corrected chi connectivity index (χ3v) is 4.56. The van der Waals surface area contributed by atoms with E-state index in [-0.39, 0.29) is 9.92 Å². The van der Waals surface area contributed by atoms with Gasteiger partial charge in [-0.3, -0.25) is 4.79 Å². The number of hydrogen-bond donors (Lipinski definition) is 2. The molecule has 0 aliphatic carbocycles. The molecule has 0 radical (unpaired) electrons. The molecule has 16 heavy (non-hydrogen) atoms. The van der Waals surface area contributed by atoms with Crippen molar-refractivity contribution < 1.29 is 18.3 Å². The van der Waals surface area contributed by atoms with Crippen LogP contribution in [-0.4, -0.2) is 31.3 Å². The highest BCUT2D eigenvalue weighted by atomic mass is 35.5. The second-order valence-electron chi connectivity index (χ2n) is 3.04. The van der Waals surface area contributed by atoms with E-state index in [9.17, 15) is 13.2 Å². The molecule has 5 nitrogen and oxygen atoms in total. The Hall–Kier alpha value is -1.11. The largest absolute Gasteiger partial charge is 0.480 e. The molecule has 7 heteroatoms. The lowest BCUT2D eigenvalue weighted by atomic mass is 10.4. The zero-order valence-electron chi connectivity index (χ0n) is 8.13. The van der Waals surface area contributed by atoms with Gasteiger partial charge in [0.2, 0.25) is 0 Å². The van der Waals surface area contributed by atoms with Crippen molar-refractivity contribution in [2.24, 2.45) is 5.73 Å². The Kier molecular flexibility index (Phi) is 3.90. The number of hydrogen-bond acceptors (Lipinski definition) is 4. The summed E-state index contributed by atoms with van der Waals surface area (Å²) in [4.78, 5) is 10.5. The first-order valence-corrected chi connectivity index (χ1v) is 6.25. The number of nitrogens with two attached hydrogens (primary N) is 1. The minimum Gasteiger partial charge on any atom is -0.480 e. The van der Waals surface area contributed by atoms with Gasteiger partial charge in [0.15, 0.2) is 15.1 Å². The van der Waals surface area contributed by atoms with Crippen LogP contribution in [0.2, 0.25) is 5.02 Å². The molecule has 0 amide bonds. The number of rotatable bonds is 4. The van der Waals surface area contributed by atoms with E-state index in [4.69, 9.17) is 22.4 Å². The van der Waals surface area contributed by atoms with Gasteiger partial charge in [0.1, 0.15) is 0 Å². The van der Waals surface area contributed by atoms with Gasteiger partial charge in [-0.15, -0.1) is 0 Å². The Balaban J connectivity index is 3.32. The van der Waals surface area contributed by atoms with Crippen LogP contribution in [0.3, 0.4) is 0 Å². The summed E-state index contributed by atoms with van der Waals surface area (Å²) in [5.74, 6) is -1.48. The van der Waals surface area contributed by atoms with Crippen LogP contribution < -0.4 is 5.73 Å². The van der Waals surface area contributed by atoms with Crippen LogP contribution in [0.5, 0.6) is 0 Å². The number of carboxylic acid groups (broad SMARTS) is 1. The smallest absolute Gasteiger partial charge is 0.323 e. The zero-order chi connectivity index (χ0) is 12.3.